The molecule has 0 saturated heterocycles. The van der Waals surface area contributed by atoms with Gasteiger partial charge in [-0.3, -0.25) is 4.79 Å². The van der Waals surface area contributed by atoms with Crippen LogP contribution in [0.4, 0.5) is 0 Å². The monoisotopic (exact) mass is 210 g/mol. The Morgan fingerprint density at radius 3 is 2.73 bits per heavy atom. The second-order valence-corrected chi connectivity index (χ2v) is 4.31. The largest absolute Gasteiger partial charge is 0.462 e. The molecule has 86 valence electrons. The number of hydrogen-bond donors (Lipinski definition) is 0. The first kappa shape index (κ1) is 12.3. The van der Waals surface area contributed by atoms with Gasteiger partial charge in [0, 0.05) is 12.8 Å². The topological polar surface area (TPSA) is 26.3 Å². The number of hydrogen-bond acceptors (Lipinski definition) is 2. The molecule has 0 saturated carbocycles. The van der Waals surface area contributed by atoms with Gasteiger partial charge in [0.15, 0.2) is 0 Å². The standard InChI is InChI=1S/C13H22O2/c1-12-10-8-6-4-2-3-5-7-9-11-13(14)15-12/h6,8,12H,2-5,7,9-11H2,1H3/b8-6-/t12-/m0/s1. The van der Waals surface area contributed by atoms with Crippen molar-refractivity contribution >= 4 is 5.97 Å². The first-order chi connectivity index (χ1) is 7.29. The van der Waals surface area contributed by atoms with Crippen molar-refractivity contribution in [3.05, 3.63) is 12.2 Å². The van der Waals surface area contributed by atoms with Crippen molar-refractivity contribution in [2.24, 2.45) is 0 Å². The maximum absolute atomic E-state index is 11.3. The molecule has 0 aromatic heterocycles. The van der Waals surface area contributed by atoms with E-state index in [4.69, 9.17) is 4.74 Å². The number of rotatable bonds is 0. The van der Waals surface area contributed by atoms with Crippen LogP contribution in [0.15, 0.2) is 12.2 Å². The molecular formula is C13H22O2. The summed E-state index contributed by atoms with van der Waals surface area (Å²) >= 11 is 0. The number of allylic oxidation sites excluding steroid dienone is 1. The van der Waals surface area contributed by atoms with Crippen LogP contribution in [0.5, 0.6) is 0 Å². The Bertz CT molecular complexity index is 209. The zero-order valence-corrected chi connectivity index (χ0v) is 9.71. The van der Waals surface area contributed by atoms with Crippen LogP contribution in [0.1, 0.15) is 58.3 Å². The van der Waals surface area contributed by atoms with E-state index in [0.717, 1.165) is 19.3 Å². The Morgan fingerprint density at radius 2 is 1.87 bits per heavy atom. The summed E-state index contributed by atoms with van der Waals surface area (Å²) < 4.78 is 5.27. The SMILES string of the molecule is C[C@H]1C/C=C\CCCCCCCC(=O)O1. The lowest BCUT2D eigenvalue weighted by Gasteiger charge is -2.10. The molecule has 0 bridgehead atoms. The van der Waals surface area contributed by atoms with E-state index in [0.29, 0.717) is 6.42 Å². The average Bonchev–Trinajstić information content (AvgIpc) is 2.21. The van der Waals surface area contributed by atoms with Crippen LogP contribution in [0.3, 0.4) is 0 Å². The molecule has 0 unspecified atom stereocenters. The predicted octanol–water partition coefficient (Wildman–Crippen LogP) is 3.61. The Hall–Kier alpha value is -0.790. The third-order valence-electron chi connectivity index (χ3n) is 2.72. The van der Waals surface area contributed by atoms with Crippen LogP contribution < -0.4 is 0 Å². The lowest BCUT2D eigenvalue weighted by atomic mass is 10.1. The lowest BCUT2D eigenvalue weighted by Crippen LogP contribution is -2.13. The number of cyclic esters (lactones) is 1. The molecule has 1 aliphatic heterocycles. The molecule has 0 aromatic rings. The van der Waals surface area contributed by atoms with E-state index in [1.54, 1.807) is 0 Å². The zero-order chi connectivity index (χ0) is 10.9. The van der Waals surface area contributed by atoms with Crippen molar-refractivity contribution in [2.45, 2.75) is 64.4 Å². The zero-order valence-electron chi connectivity index (χ0n) is 9.71. The van der Waals surface area contributed by atoms with Gasteiger partial charge in [0.2, 0.25) is 0 Å². The fourth-order valence-corrected chi connectivity index (χ4v) is 1.80. The van der Waals surface area contributed by atoms with E-state index in [2.05, 4.69) is 12.2 Å². The van der Waals surface area contributed by atoms with Crippen LogP contribution in [-0.2, 0) is 9.53 Å². The van der Waals surface area contributed by atoms with Crippen LogP contribution in [0, 0.1) is 0 Å². The summed E-state index contributed by atoms with van der Waals surface area (Å²) in [5.41, 5.74) is 0. The van der Waals surface area contributed by atoms with Gasteiger partial charge in [-0.1, -0.05) is 31.4 Å². The Kier molecular flexibility index (Phi) is 6.14. The van der Waals surface area contributed by atoms with E-state index in [9.17, 15) is 4.79 Å². The van der Waals surface area contributed by atoms with E-state index in [-0.39, 0.29) is 12.1 Å². The van der Waals surface area contributed by atoms with Gasteiger partial charge < -0.3 is 4.74 Å². The molecule has 0 fully saturated rings. The molecule has 0 N–H and O–H groups in total. The van der Waals surface area contributed by atoms with Crippen molar-refractivity contribution in [2.75, 3.05) is 0 Å². The average molecular weight is 210 g/mol. The fourth-order valence-electron chi connectivity index (χ4n) is 1.80. The summed E-state index contributed by atoms with van der Waals surface area (Å²) in [6, 6.07) is 0. The molecule has 2 heteroatoms. The molecule has 0 aromatic carbocycles. The molecule has 15 heavy (non-hydrogen) atoms. The van der Waals surface area contributed by atoms with Gasteiger partial charge in [-0.25, -0.2) is 0 Å². The normalized spacial score (nSPS) is 28.1. The van der Waals surface area contributed by atoms with Crippen molar-refractivity contribution in [1.29, 1.82) is 0 Å². The van der Waals surface area contributed by atoms with Crippen LogP contribution in [0.2, 0.25) is 0 Å². The highest BCUT2D eigenvalue weighted by atomic mass is 16.5. The first-order valence-electron chi connectivity index (χ1n) is 6.13. The fraction of sp³-hybridized carbons (Fsp3) is 0.769. The lowest BCUT2D eigenvalue weighted by molar-refractivity contribution is -0.148. The molecule has 1 heterocycles. The highest BCUT2D eigenvalue weighted by Crippen LogP contribution is 2.11. The third kappa shape index (κ3) is 6.32. The van der Waals surface area contributed by atoms with Crippen molar-refractivity contribution in [3.63, 3.8) is 0 Å². The van der Waals surface area contributed by atoms with Crippen LogP contribution in [-0.4, -0.2) is 12.1 Å². The summed E-state index contributed by atoms with van der Waals surface area (Å²) in [5.74, 6) is -0.0323. The second-order valence-electron chi connectivity index (χ2n) is 4.31. The minimum Gasteiger partial charge on any atom is -0.462 e. The van der Waals surface area contributed by atoms with Gasteiger partial charge in [-0.2, -0.15) is 0 Å². The number of carbonyl (C=O) groups excluding carboxylic acids is 1. The van der Waals surface area contributed by atoms with Crippen LogP contribution in [0.25, 0.3) is 0 Å². The maximum atomic E-state index is 11.3. The van der Waals surface area contributed by atoms with Crippen molar-refractivity contribution < 1.29 is 9.53 Å². The van der Waals surface area contributed by atoms with E-state index < -0.39 is 0 Å². The van der Waals surface area contributed by atoms with Gasteiger partial charge in [0.1, 0.15) is 6.10 Å². The predicted molar refractivity (Wildman–Crippen MR) is 61.6 cm³/mol. The molecule has 0 aliphatic carbocycles. The quantitative estimate of drug-likeness (QED) is 0.451. The number of ether oxygens (including phenoxy) is 1. The minimum atomic E-state index is -0.0323. The van der Waals surface area contributed by atoms with Gasteiger partial charge >= 0.3 is 5.97 Å². The van der Waals surface area contributed by atoms with E-state index in [1.165, 1.54) is 25.7 Å². The summed E-state index contributed by atoms with van der Waals surface area (Å²) in [5, 5.41) is 0. The molecule has 2 nitrogen and oxygen atoms in total. The van der Waals surface area contributed by atoms with Gasteiger partial charge in [-0.05, 0) is 26.2 Å². The van der Waals surface area contributed by atoms with E-state index >= 15 is 0 Å². The van der Waals surface area contributed by atoms with Gasteiger partial charge in [0.05, 0.1) is 0 Å². The molecule has 1 aliphatic rings. The molecular weight excluding hydrogens is 188 g/mol. The molecule has 1 atom stereocenters. The van der Waals surface area contributed by atoms with Crippen molar-refractivity contribution in [3.8, 4) is 0 Å². The highest BCUT2D eigenvalue weighted by molar-refractivity contribution is 5.69. The number of esters is 1. The van der Waals surface area contributed by atoms with Gasteiger partial charge in [-0.15, -0.1) is 0 Å². The maximum Gasteiger partial charge on any atom is 0.306 e. The first-order valence-corrected chi connectivity index (χ1v) is 6.13. The Labute approximate surface area is 92.7 Å². The molecule has 1 rings (SSSR count). The second kappa shape index (κ2) is 7.49. The Balaban J connectivity index is 2.34. The highest BCUT2D eigenvalue weighted by Gasteiger charge is 2.07. The Morgan fingerprint density at radius 1 is 1.13 bits per heavy atom. The van der Waals surface area contributed by atoms with E-state index in [1.807, 2.05) is 6.92 Å². The third-order valence-corrected chi connectivity index (χ3v) is 2.72. The van der Waals surface area contributed by atoms with Crippen molar-refractivity contribution in [1.82, 2.24) is 0 Å². The summed E-state index contributed by atoms with van der Waals surface area (Å²) in [6.07, 6.45) is 12.9. The summed E-state index contributed by atoms with van der Waals surface area (Å²) in [4.78, 5) is 11.3. The molecule has 0 spiro atoms. The summed E-state index contributed by atoms with van der Waals surface area (Å²) in [6.45, 7) is 1.96. The smallest absolute Gasteiger partial charge is 0.306 e. The molecule has 0 amide bonds. The van der Waals surface area contributed by atoms with Gasteiger partial charge in [0.25, 0.3) is 0 Å². The van der Waals surface area contributed by atoms with Crippen LogP contribution >= 0.6 is 0 Å². The number of carbonyl (C=O) groups is 1. The minimum absolute atomic E-state index is 0.0323. The summed E-state index contributed by atoms with van der Waals surface area (Å²) in [7, 11) is 0. The molecule has 0 radical (unpaired) electrons.